The van der Waals surface area contributed by atoms with Gasteiger partial charge in [0.25, 0.3) is 5.56 Å². The molecule has 0 atom stereocenters. The van der Waals surface area contributed by atoms with E-state index in [0.29, 0.717) is 19.8 Å². The van der Waals surface area contributed by atoms with Crippen molar-refractivity contribution in [3.63, 3.8) is 0 Å². The summed E-state index contributed by atoms with van der Waals surface area (Å²) in [7, 11) is 0. The van der Waals surface area contributed by atoms with Crippen molar-refractivity contribution < 1.29 is 4.74 Å². The molecule has 7 heteroatoms. The summed E-state index contributed by atoms with van der Waals surface area (Å²) < 4.78 is 7.37. The molecule has 184 valence electrons. The maximum atomic E-state index is 13.8. The summed E-state index contributed by atoms with van der Waals surface area (Å²) in [6, 6.07) is 16.7. The Labute approximate surface area is 207 Å². The van der Waals surface area contributed by atoms with Gasteiger partial charge in [-0.2, -0.15) is 0 Å². The lowest BCUT2D eigenvalue weighted by Gasteiger charge is -2.39. The Kier molecular flexibility index (Phi) is 7.00. The number of ether oxygens (including phenoxy) is 1. The van der Waals surface area contributed by atoms with Crippen LogP contribution in [0.2, 0.25) is 0 Å². The summed E-state index contributed by atoms with van der Waals surface area (Å²) in [4.78, 5) is 25.8. The van der Waals surface area contributed by atoms with Crippen LogP contribution in [0, 0.1) is 20.8 Å². The minimum absolute atomic E-state index is 0.0567. The van der Waals surface area contributed by atoms with E-state index < -0.39 is 0 Å². The number of fused-ring (bicyclic) bond motifs is 1. The van der Waals surface area contributed by atoms with Crippen LogP contribution in [-0.4, -0.2) is 65.4 Å². The Morgan fingerprint density at radius 2 is 1.63 bits per heavy atom. The molecule has 0 spiro atoms. The van der Waals surface area contributed by atoms with Gasteiger partial charge in [0.05, 0.1) is 32.2 Å². The van der Waals surface area contributed by atoms with Crippen molar-refractivity contribution in [3.8, 4) is 0 Å². The highest BCUT2D eigenvalue weighted by molar-refractivity contribution is 5.60. The third-order valence-electron chi connectivity index (χ3n) is 7.24. The Morgan fingerprint density at radius 3 is 2.37 bits per heavy atom. The number of aryl methyl sites for hydroxylation is 3. The second-order valence-corrected chi connectivity index (χ2v) is 9.70. The normalized spacial score (nSPS) is 16.9. The van der Waals surface area contributed by atoms with Gasteiger partial charge in [-0.1, -0.05) is 36.4 Å². The van der Waals surface area contributed by atoms with Gasteiger partial charge in [-0.05, 0) is 49.6 Å². The predicted molar refractivity (Wildman–Crippen MR) is 139 cm³/mol. The third kappa shape index (κ3) is 5.17. The minimum atomic E-state index is 0.0567. The molecule has 5 rings (SSSR count). The first-order chi connectivity index (χ1) is 17.0. The smallest absolute Gasteiger partial charge is 0.259 e. The number of anilines is 2. The highest BCUT2D eigenvalue weighted by atomic mass is 16.5. The van der Waals surface area contributed by atoms with E-state index in [2.05, 4.69) is 58.9 Å². The molecule has 1 fully saturated rings. The molecule has 2 aromatic carbocycles. The van der Waals surface area contributed by atoms with E-state index in [1.165, 1.54) is 11.1 Å². The lowest BCUT2D eigenvalue weighted by molar-refractivity contribution is 0.0310. The average Bonchev–Trinajstić information content (AvgIpc) is 2.88. The molecule has 2 aliphatic heterocycles. The van der Waals surface area contributed by atoms with Gasteiger partial charge in [-0.25, -0.2) is 4.98 Å². The molecule has 0 aliphatic carbocycles. The number of hydrogen-bond donors (Lipinski definition) is 0. The molecule has 3 heterocycles. The van der Waals surface area contributed by atoms with Crippen molar-refractivity contribution >= 4 is 11.6 Å². The zero-order valence-electron chi connectivity index (χ0n) is 21.0. The van der Waals surface area contributed by atoms with Crippen LogP contribution >= 0.6 is 0 Å². The topological polar surface area (TPSA) is 53.8 Å². The van der Waals surface area contributed by atoms with Crippen LogP contribution in [0.3, 0.4) is 0 Å². The zero-order valence-corrected chi connectivity index (χ0v) is 21.0. The number of benzene rings is 2. The van der Waals surface area contributed by atoms with Crippen LogP contribution in [0.1, 0.15) is 27.9 Å². The molecule has 0 N–H and O–H groups in total. The summed E-state index contributed by atoms with van der Waals surface area (Å²) in [5.74, 6) is 0.732. The van der Waals surface area contributed by atoms with Crippen LogP contribution in [0.15, 0.2) is 53.3 Å². The predicted octanol–water partition coefficient (Wildman–Crippen LogP) is 3.46. The van der Waals surface area contributed by atoms with E-state index in [1.54, 1.807) is 0 Å². The van der Waals surface area contributed by atoms with Crippen LogP contribution in [0.25, 0.3) is 0 Å². The minimum Gasteiger partial charge on any atom is -0.379 e. The lowest BCUT2D eigenvalue weighted by atomic mass is 10.0. The van der Waals surface area contributed by atoms with Gasteiger partial charge in [-0.3, -0.25) is 24.1 Å². The molecule has 7 nitrogen and oxygen atoms in total. The largest absolute Gasteiger partial charge is 0.379 e. The molecular weight excluding hydrogens is 438 g/mol. The van der Waals surface area contributed by atoms with E-state index >= 15 is 0 Å². The maximum Gasteiger partial charge on any atom is 0.259 e. The summed E-state index contributed by atoms with van der Waals surface area (Å²) in [5.41, 5.74) is 6.33. The number of nitrogens with zero attached hydrogens (tertiary/aromatic N) is 5. The molecule has 35 heavy (non-hydrogen) atoms. The monoisotopic (exact) mass is 473 g/mol. The lowest BCUT2D eigenvalue weighted by Crippen LogP contribution is -2.50. The van der Waals surface area contributed by atoms with Crippen molar-refractivity contribution in [1.82, 2.24) is 19.4 Å². The van der Waals surface area contributed by atoms with Gasteiger partial charge in [0, 0.05) is 43.9 Å². The fraction of sp³-hybridized carbons (Fsp3) is 0.429. The standard InChI is InChI=1S/C28H35N5O2/c1-21-9-10-25(17-22(21)2)32-19-31(12-11-30-13-15-35-16-14-30)20-33-27(34)26(23(3)29-28(32)33)18-24-7-5-4-6-8-24/h4-10,17H,11-16,18-20H2,1-3H3. The van der Waals surface area contributed by atoms with Gasteiger partial charge < -0.3 is 4.74 Å². The van der Waals surface area contributed by atoms with Crippen LogP contribution < -0.4 is 10.5 Å². The number of rotatable bonds is 6. The molecular formula is C28H35N5O2. The van der Waals surface area contributed by atoms with E-state index in [9.17, 15) is 4.79 Å². The molecule has 0 amide bonds. The second-order valence-electron chi connectivity index (χ2n) is 9.70. The molecule has 0 unspecified atom stereocenters. The maximum absolute atomic E-state index is 13.8. The van der Waals surface area contributed by atoms with Crippen molar-refractivity contribution in [3.05, 3.63) is 86.8 Å². The van der Waals surface area contributed by atoms with Crippen LogP contribution in [0.5, 0.6) is 0 Å². The third-order valence-corrected chi connectivity index (χ3v) is 7.24. The first kappa shape index (κ1) is 23.7. The van der Waals surface area contributed by atoms with E-state index in [0.717, 1.165) is 67.8 Å². The summed E-state index contributed by atoms with van der Waals surface area (Å²) in [6.07, 6.45) is 0.593. The van der Waals surface area contributed by atoms with Crippen molar-refractivity contribution in [1.29, 1.82) is 0 Å². The van der Waals surface area contributed by atoms with Gasteiger partial charge in [0.1, 0.15) is 0 Å². The Hall–Kier alpha value is -3.00. The SMILES string of the molecule is Cc1ccc(N2CN(CCN3CCOCC3)Cn3c2nc(C)c(Cc2ccccc2)c3=O)cc1C. The Bertz CT molecular complexity index is 1230. The fourth-order valence-electron chi connectivity index (χ4n) is 4.87. The van der Waals surface area contributed by atoms with E-state index in [1.807, 2.05) is 29.7 Å². The number of morpholine rings is 1. The van der Waals surface area contributed by atoms with Crippen LogP contribution in [-0.2, 0) is 17.8 Å². The zero-order chi connectivity index (χ0) is 24.4. The van der Waals surface area contributed by atoms with Crippen molar-refractivity contribution in [2.45, 2.75) is 33.9 Å². The molecule has 1 saturated heterocycles. The molecule has 0 radical (unpaired) electrons. The molecule has 2 aliphatic rings. The molecule has 0 saturated carbocycles. The highest BCUT2D eigenvalue weighted by Crippen LogP contribution is 2.29. The van der Waals surface area contributed by atoms with Gasteiger partial charge in [0.2, 0.25) is 5.95 Å². The van der Waals surface area contributed by atoms with Crippen molar-refractivity contribution in [2.24, 2.45) is 0 Å². The summed E-state index contributed by atoms with van der Waals surface area (Å²) in [6.45, 7) is 12.8. The first-order valence-electron chi connectivity index (χ1n) is 12.5. The van der Waals surface area contributed by atoms with Crippen molar-refractivity contribution in [2.75, 3.05) is 51.0 Å². The Morgan fingerprint density at radius 1 is 0.886 bits per heavy atom. The summed E-state index contributed by atoms with van der Waals surface area (Å²) in [5, 5.41) is 0. The molecule has 3 aromatic rings. The second kappa shape index (κ2) is 10.3. The quantitative estimate of drug-likeness (QED) is 0.547. The molecule has 0 bridgehead atoms. The average molecular weight is 474 g/mol. The van der Waals surface area contributed by atoms with Crippen LogP contribution in [0.4, 0.5) is 11.6 Å². The number of aromatic nitrogens is 2. The summed E-state index contributed by atoms with van der Waals surface area (Å²) >= 11 is 0. The molecule has 1 aromatic heterocycles. The van der Waals surface area contributed by atoms with E-state index in [4.69, 9.17) is 9.72 Å². The van der Waals surface area contributed by atoms with Gasteiger partial charge in [-0.15, -0.1) is 0 Å². The Balaban J connectivity index is 1.50. The number of hydrogen-bond acceptors (Lipinski definition) is 6. The highest BCUT2D eigenvalue weighted by Gasteiger charge is 2.28. The van der Waals surface area contributed by atoms with E-state index in [-0.39, 0.29) is 5.56 Å². The van der Waals surface area contributed by atoms with Gasteiger partial charge >= 0.3 is 0 Å². The van der Waals surface area contributed by atoms with Gasteiger partial charge in [0.15, 0.2) is 0 Å². The first-order valence-corrected chi connectivity index (χ1v) is 12.5. The fourth-order valence-corrected chi connectivity index (χ4v) is 4.87.